The van der Waals surface area contributed by atoms with Crippen molar-refractivity contribution >= 4 is 11.6 Å². The zero-order chi connectivity index (χ0) is 14.5. The Morgan fingerprint density at radius 2 is 2.15 bits per heavy atom. The smallest absolute Gasteiger partial charge is 0.124 e. The number of rotatable bonds is 6. The van der Waals surface area contributed by atoms with Gasteiger partial charge in [0.15, 0.2) is 0 Å². The quantitative estimate of drug-likeness (QED) is 0.826. The summed E-state index contributed by atoms with van der Waals surface area (Å²) in [5.74, 6) is -0.319. The lowest BCUT2D eigenvalue weighted by atomic mass is 10.2. The Kier molecular flexibility index (Phi) is 5.15. The molecule has 0 fully saturated rings. The van der Waals surface area contributed by atoms with Crippen molar-refractivity contribution in [1.82, 2.24) is 15.1 Å². The standard InChI is InChI=1S/C15H19ClFN3/c1-3-6-18-8-13-9-19-20(11(13)2)10-12-4-5-14(17)7-15(12)16/h4-5,7,9,18H,3,6,8,10H2,1-2H3. The van der Waals surface area contributed by atoms with Crippen LogP contribution in [-0.2, 0) is 13.1 Å². The summed E-state index contributed by atoms with van der Waals surface area (Å²) in [6, 6.07) is 4.46. The highest BCUT2D eigenvalue weighted by Gasteiger charge is 2.09. The fourth-order valence-corrected chi connectivity index (χ4v) is 2.26. The average molecular weight is 296 g/mol. The summed E-state index contributed by atoms with van der Waals surface area (Å²) >= 11 is 6.05. The number of nitrogens with zero attached hydrogens (tertiary/aromatic N) is 2. The average Bonchev–Trinajstić information content (AvgIpc) is 2.75. The summed E-state index contributed by atoms with van der Waals surface area (Å²) in [6.45, 7) is 6.54. The molecular formula is C15H19ClFN3. The van der Waals surface area contributed by atoms with E-state index in [4.69, 9.17) is 11.6 Å². The van der Waals surface area contributed by atoms with Gasteiger partial charge in [0.1, 0.15) is 5.82 Å². The van der Waals surface area contributed by atoms with E-state index in [2.05, 4.69) is 17.3 Å². The van der Waals surface area contributed by atoms with Gasteiger partial charge in [-0.2, -0.15) is 5.10 Å². The third-order valence-electron chi connectivity index (χ3n) is 3.28. The first kappa shape index (κ1) is 15.0. The van der Waals surface area contributed by atoms with Gasteiger partial charge >= 0.3 is 0 Å². The summed E-state index contributed by atoms with van der Waals surface area (Å²) in [5.41, 5.74) is 3.15. The minimum atomic E-state index is -0.319. The molecule has 2 aromatic rings. The second-order valence-electron chi connectivity index (χ2n) is 4.83. The Balaban J connectivity index is 2.10. The van der Waals surface area contributed by atoms with Crippen LogP contribution in [0.2, 0.25) is 5.02 Å². The van der Waals surface area contributed by atoms with Crippen LogP contribution in [0.1, 0.15) is 30.2 Å². The number of halogens is 2. The molecule has 108 valence electrons. The summed E-state index contributed by atoms with van der Waals surface area (Å²) in [5, 5.41) is 8.17. The highest BCUT2D eigenvalue weighted by molar-refractivity contribution is 6.31. The van der Waals surface area contributed by atoms with Gasteiger partial charge in [-0.05, 0) is 37.6 Å². The van der Waals surface area contributed by atoms with Crippen LogP contribution in [-0.4, -0.2) is 16.3 Å². The van der Waals surface area contributed by atoms with Gasteiger partial charge in [-0.15, -0.1) is 0 Å². The second kappa shape index (κ2) is 6.86. The van der Waals surface area contributed by atoms with Crippen molar-refractivity contribution in [1.29, 1.82) is 0 Å². The fraction of sp³-hybridized carbons (Fsp3) is 0.400. The molecule has 0 saturated heterocycles. The first-order valence-corrected chi connectivity index (χ1v) is 7.15. The maximum Gasteiger partial charge on any atom is 0.124 e. The Morgan fingerprint density at radius 1 is 1.35 bits per heavy atom. The number of nitrogens with one attached hydrogen (secondary N) is 1. The minimum absolute atomic E-state index is 0.319. The van der Waals surface area contributed by atoms with E-state index in [1.54, 1.807) is 6.07 Å². The molecule has 0 spiro atoms. The van der Waals surface area contributed by atoms with Crippen molar-refractivity contribution in [2.24, 2.45) is 0 Å². The second-order valence-corrected chi connectivity index (χ2v) is 5.23. The molecule has 5 heteroatoms. The van der Waals surface area contributed by atoms with Crippen LogP contribution < -0.4 is 5.32 Å². The van der Waals surface area contributed by atoms with E-state index in [-0.39, 0.29) is 5.82 Å². The molecular weight excluding hydrogens is 277 g/mol. The molecule has 2 rings (SSSR count). The first-order valence-electron chi connectivity index (χ1n) is 6.77. The van der Waals surface area contributed by atoms with Crippen molar-refractivity contribution in [3.63, 3.8) is 0 Å². The Morgan fingerprint density at radius 3 is 2.85 bits per heavy atom. The lowest BCUT2D eigenvalue weighted by molar-refractivity contribution is 0.622. The topological polar surface area (TPSA) is 29.9 Å². The zero-order valence-corrected chi connectivity index (χ0v) is 12.5. The van der Waals surface area contributed by atoms with Crippen LogP contribution in [0.5, 0.6) is 0 Å². The monoisotopic (exact) mass is 295 g/mol. The molecule has 0 aliphatic carbocycles. The van der Waals surface area contributed by atoms with Crippen LogP contribution in [0.4, 0.5) is 4.39 Å². The van der Waals surface area contributed by atoms with E-state index in [9.17, 15) is 4.39 Å². The van der Waals surface area contributed by atoms with Gasteiger partial charge in [0, 0.05) is 22.8 Å². The molecule has 0 amide bonds. The van der Waals surface area contributed by atoms with Crippen molar-refractivity contribution < 1.29 is 4.39 Å². The molecule has 1 N–H and O–H groups in total. The predicted octanol–water partition coefficient (Wildman–Crippen LogP) is 3.53. The fourth-order valence-electron chi connectivity index (χ4n) is 2.03. The van der Waals surface area contributed by atoms with Gasteiger partial charge in [-0.3, -0.25) is 4.68 Å². The Labute approximate surface area is 123 Å². The molecule has 1 aromatic heterocycles. The molecule has 0 saturated carbocycles. The Bertz CT molecular complexity index is 580. The van der Waals surface area contributed by atoms with Crippen LogP contribution in [0, 0.1) is 12.7 Å². The highest BCUT2D eigenvalue weighted by atomic mass is 35.5. The largest absolute Gasteiger partial charge is 0.313 e. The van der Waals surface area contributed by atoms with E-state index in [0.29, 0.717) is 11.6 Å². The molecule has 0 aliphatic heterocycles. The Hall–Kier alpha value is -1.39. The molecule has 0 bridgehead atoms. The van der Waals surface area contributed by atoms with E-state index in [1.807, 2.05) is 17.8 Å². The molecule has 0 atom stereocenters. The van der Waals surface area contributed by atoms with Crippen molar-refractivity contribution in [2.45, 2.75) is 33.4 Å². The maximum atomic E-state index is 13.0. The van der Waals surface area contributed by atoms with Gasteiger partial charge in [0.25, 0.3) is 0 Å². The normalized spacial score (nSPS) is 11.0. The van der Waals surface area contributed by atoms with Gasteiger partial charge in [-0.25, -0.2) is 4.39 Å². The molecule has 0 aliphatic rings. The molecule has 0 radical (unpaired) electrons. The van der Waals surface area contributed by atoms with Crippen molar-refractivity contribution in [3.05, 3.63) is 52.1 Å². The van der Waals surface area contributed by atoms with E-state index >= 15 is 0 Å². The number of aromatic nitrogens is 2. The predicted molar refractivity (Wildman–Crippen MR) is 79.5 cm³/mol. The molecule has 3 nitrogen and oxygen atoms in total. The molecule has 1 heterocycles. The summed E-state index contributed by atoms with van der Waals surface area (Å²) < 4.78 is 14.9. The SMILES string of the molecule is CCCNCc1cnn(Cc2ccc(F)cc2Cl)c1C. The van der Waals surface area contributed by atoms with Crippen molar-refractivity contribution in [3.8, 4) is 0 Å². The third kappa shape index (κ3) is 3.58. The van der Waals surface area contributed by atoms with Crippen molar-refractivity contribution in [2.75, 3.05) is 6.54 Å². The molecule has 20 heavy (non-hydrogen) atoms. The van der Waals surface area contributed by atoms with Crippen LogP contribution in [0.15, 0.2) is 24.4 Å². The van der Waals surface area contributed by atoms with Gasteiger partial charge in [0.2, 0.25) is 0 Å². The molecule has 1 aromatic carbocycles. The number of benzene rings is 1. The number of hydrogen-bond acceptors (Lipinski definition) is 2. The van der Waals surface area contributed by atoms with Crippen LogP contribution >= 0.6 is 11.6 Å². The zero-order valence-electron chi connectivity index (χ0n) is 11.8. The number of hydrogen-bond donors (Lipinski definition) is 1. The first-order chi connectivity index (χ1) is 9.61. The summed E-state index contributed by atoms with van der Waals surface area (Å²) in [4.78, 5) is 0. The lowest BCUT2D eigenvalue weighted by Crippen LogP contribution is -2.14. The molecule has 0 unspecified atom stereocenters. The lowest BCUT2D eigenvalue weighted by Gasteiger charge is -2.08. The van der Waals surface area contributed by atoms with Gasteiger partial charge in [0.05, 0.1) is 12.7 Å². The summed E-state index contributed by atoms with van der Waals surface area (Å²) in [6.07, 6.45) is 2.98. The van der Waals surface area contributed by atoms with Gasteiger partial charge in [-0.1, -0.05) is 24.6 Å². The van der Waals surface area contributed by atoms with Crippen LogP contribution in [0.25, 0.3) is 0 Å². The van der Waals surface area contributed by atoms with Gasteiger partial charge < -0.3 is 5.32 Å². The maximum absolute atomic E-state index is 13.0. The van der Waals surface area contributed by atoms with E-state index in [1.165, 1.54) is 17.7 Å². The van der Waals surface area contributed by atoms with E-state index in [0.717, 1.165) is 30.8 Å². The van der Waals surface area contributed by atoms with E-state index < -0.39 is 0 Å². The minimum Gasteiger partial charge on any atom is -0.313 e. The van der Waals surface area contributed by atoms with Crippen LogP contribution in [0.3, 0.4) is 0 Å². The highest BCUT2D eigenvalue weighted by Crippen LogP contribution is 2.19. The summed E-state index contributed by atoms with van der Waals surface area (Å²) in [7, 11) is 0. The third-order valence-corrected chi connectivity index (χ3v) is 3.63.